The van der Waals surface area contributed by atoms with Crippen LogP contribution in [0, 0.1) is 16.0 Å². The Morgan fingerprint density at radius 3 is 2.83 bits per heavy atom. The smallest absolute Gasteiger partial charge is 0.311 e. The molecule has 0 amide bonds. The molecule has 0 atom stereocenters. The van der Waals surface area contributed by atoms with Gasteiger partial charge in [0, 0.05) is 43.4 Å². The minimum Gasteiger partial charge on any atom is -0.487 e. The monoisotopic (exact) mass is 252 g/mol. The van der Waals surface area contributed by atoms with Crippen LogP contribution in [0.1, 0.15) is 6.92 Å². The lowest BCUT2D eigenvalue weighted by Crippen LogP contribution is -2.48. The first-order valence-corrected chi connectivity index (χ1v) is 5.92. The number of aliphatic hydroxyl groups is 1. The van der Waals surface area contributed by atoms with Gasteiger partial charge in [-0.05, 0) is 13.0 Å². The van der Waals surface area contributed by atoms with Gasteiger partial charge in [-0.3, -0.25) is 10.1 Å². The molecule has 0 bridgehead atoms. The van der Waals surface area contributed by atoms with Crippen LogP contribution in [0.25, 0.3) is 0 Å². The Labute approximate surface area is 105 Å². The van der Waals surface area contributed by atoms with E-state index in [-0.39, 0.29) is 12.3 Å². The van der Waals surface area contributed by atoms with E-state index >= 15 is 0 Å². The summed E-state index contributed by atoms with van der Waals surface area (Å²) in [5.41, 5.74) is 0.883. The molecule has 2 rings (SSSR count). The quantitative estimate of drug-likeness (QED) is 0.633. The fourth-order valence-corrected chi connectivity index (χ4v) is 2.02. The number of nitro benzene ring substituents is 1. The van der Waals surface area contributed by atoms with Crippen molar-refractivity contribution in [3.8, 4) is 5.75 Å². The van der Waals surface area contributed by atoms with Gasteiger partial charge in [0.05, 0.1) is 11.5 Å². The number of ether oxygens (including phenoxy) is 1. The Morgan fingerprint density at radius 1 is 1.56 bits per heavy atom. The summed E-state index contributed by atoms with van der Waals surface area (Å²) in [6, 6.07) is 4.87. The fraction of sp³-hybridized carbons (Fsp3) is 0.500. The van der Waals surface area contributed by atoms with Crippen LogP contribution in [0.3, 0.4) is 0 Å². The van der Waals surface area contributed by atoms with Gasteiger partial charge in [-0.2, -0.15) is 0 Å². The van der Waals surface area contributed by atoms with Crippen molar-refractivity contribution in [2.24, 2.45) is 5.92 Å². The molecule has 1 aromatic carbocycles. The maximum Gasteiger partial charge on any atom is 0.311 e. The first-order valence-electron chi connectivity index (χ1n) is 5.92. The largest absolute Gasteiger partial charge is 0.487 e. The highest BCUT2D eigenvalue weighted by molar-refractivity contribution is 5.60. The molecule has 0 spiro atoms. The second-order valence-electron chi connectivity index (χ2n) is 4.30. The molecule has 6 heteroatoms. The van der Waals surface area contributed by atoms with Crippen LogP contribution in [0.4, 0.5) is 11.4 Å². The van der Waals surface area contributed by atoms with E-state index in [2.05, 4.69) is 4.90 Å². The Bertz CT molecular complexity index is 444. The van der Waals surface area contributed by atoms with Crippen molar-refractivity contribution in [1.29, 1.82) is 0 Å². The summed E-state index contributed by atoms with van der Waals surface area (Å²) in [5.74, 6) is 0.600. The van der Waals surface area contributed by atoms with Gasteiger partial charge in [0.2, 0.25) is 0 Å². The number of hydrogen-bond acceptors (Lipinski definition) is 5. The van der Waals surface area contributed by atoms with Crippen molar-refractivity contribution >= 4 is 11.4 Å². The van der Waals surface area contributed by atoms with E-state index in [0.29, 0.717) is 18.3 Å². The van der Waals surface area contributed by atoms with Crippen LogP contribution >= 0.6 is 0 Å². The number of nitro groups is 1. The van der Waals surface area contributed by atoms with E-state index in [9.17, 15) is 10.1 Å². The number of aliphatic hydroxyl groups excluding tert-OH is 1. The molecule has 6 nitrogen and oxygen atoms in total. The molecule has 1 fully saturated rings. The molecule has 0 aliphatic carbocycles. The first kappa shape index (κ1) is 12.6. The van der Waals surface area contributed by atoms with E-state index in [4.69, 9.17) is 9.84 Å². The zero-order valence-corrected chi connectivity index (χ0v) is 10.2. The average molecular weight is 252 g/mol. The molecule has 1 N–H and O–H groups in total. The zero-order valence-electron chi connectivity index (χ0n) is 10.2. The number of nitrogens with zero attached hydrogens (tertiary/aromatic N) is 2. The molecule has 1 aromatic rings. The Kier molecular flexibility index (Phi) is 3.66. The van der Waals surface area contributed by atoms with Gasteiger partial charge in [0.15, 0.2) is 5.75 Å². The highest BCUT2D eigenvalue weighted by Crippen LogP contribution is 2.34. The SMILES string of the molecule is CCOc1cc(N2CC(CO)C2)ccc1[N+](=O)[O-]. The molecule has 1 aliphatic rings. The molecule has 0 unspecified atom stereocenters. The molecule has 0 radical (unpaired) electrons. The van der Waals surface area contributed by atoms with E-state index in [1.54, 1.807) is 19.1 Å². The maximum atomic E-state index is 10.8. The lowest BCUT2D eigenvalue weighted by atomic mass is 10.0. The summed E-state index contributed by atoms with van der Waals surface area (Å²) < 4.78 is 5.29. The first-order chi connectivity index (χ1) is 8.65. The molecule has 1 aliphatic heterocycles. The van der Waals surface area contributed by atoms with E-state index < -0.39 is 4.92 Å². The van der Waals surface area contributed by atoms with Crippen molar-refractivity contribution in [3.63, 3.8) is 0 Å². The number of benzene rings is 1. The van der Waals surface area contributed by atoms with Crippen LogP contribution in [-0.2, 0) is 0 Å². The van der Waals surface area contributed by atoms with Gasteiger partial charge >= 0.3 is 5.69 Å². The van der Waals surface area contributed by atoms with Crippen LogP contribution in [0.5, 0.6) is 5.75 Å². The average Bonchev–Trinajstić information content (AvgIpc) is 2.28. The van der Waals surface area contributed by atoms with Crippen molar-refractivity contribution in [2.75, 3.05) is 31.2 Å². The van der Waals surface area contributed by atoms with Crippen molar-refractivity contribution in [2.45, 2.75) is 6.92 Å². The van der Waals surface area contributed by atoms with Crippen LogP contribution in [0.15, 0.2) is 18.2 Å². The molecule has 1 heterocycles. The third-order valence-corrected chi connectivity index (χ3v) is 3.02. The lowest BCUT2D eigenvalue weighted by Gasteiger charge is -2.40. The highest BCUT2D eigenvalue weighted by atomic mass is 16.6. The Balaban J connectivity index is 2.18. The number of rotatable bonds is 5. The number of hydrogen-bond donors (Lipinski definition) is 1. The molecule has 98 valence electrons. The minimum atomic E-state index is -0.443. The molecule has 0 saturated carbocycles. The molecule has 0 aromatic heterocycles. The van der Waals surface area contributed by atoms with Gasteiger partial charge in [-0.1, -0.05) is 0 Å². The molecular formula is C12H16N2O4. The predicted octanol–water partition coefficient (Wildman–Crippen LogP) is 1.42. The van der Waals surface area contributed by atoms with Crippen molar-refractivity contribution in [3.05, 3.63) is 28.3 Å². The van der Waals surface area contributed by atoms with E-state index in [1.165, 1.54) is 6.07 Å². The summed E-state index contributed by atoms with van der Waals surface area (Å²) in [6.45, 7) is 3.92. The summed E-state index contributed by atoms with van der Waals surface area (Å²) >= 11 is 0. The third kappa shape index (κ3) is 2.38. The van der Waals surface area contributed by atoms with Crippen LogP contribution < -0.4 is 9.64 Å². The topological polar surface area (TPSA) is 75.8 Å². The molecular weight excluding hydrogens is 236 g/mol. The Morgan fingerprint density at radius 2 is 2.28 bits per heavy atom. The summed E-state index contributed by atoms with van der Waals surface area (Å²) in [4.78, 5) is 12.5. The van der Waals surface area contributed by atoms with Gasteiger partial charge < -0.3 is 14.7 Å². The van der Waals surface area contributed by atoms with E-state index in [1.807, 2.05) is 0 Å². The summed E-state index contributed by atoms with van der Waals surface area (Å²) in [6.07, 6.45) is 0. The van der Waals surface area contributed by atoms with Crippen molar-refractivity contribution < 1.29 is 14.8 Å². The standard InChI is InChI=1S/C12H16N2O4/c1-2-18-12-5-10(3-4-11(12)14(16)17)13-6-9(7-13)8-15/h3-5,9,15H,2,6-8H2,1H3. The maximum absolute atomic E-state index is 10.8. The van der Waals surface area contributed by atoms with Crippen LogP contribution in [-0.4, -0.2) is 36.3 Å². The lowest BCUT2D eigenvalue weighted by molar-refractivity contribution is -0.385. The third-order valence-electron chi connectivity index (χ3n) is 3.02. The molecule has 18 heavy (non-hydrogen) atoms. The summed E-state index contributed by atoms with van der Waals surface area (Å²) in [5, 5.41) is 19.8. The second kappa shape index (κ2) is 5.22. The summed E-state index contributed by atoms with van der Waals surface area (Å²) in [7, 11) is 0. The van der Waals surface area contributed by atoms with Gasteiger partial charge in [-0.15, -0.1) is 0 Å². The minimum absolute atomic E-state index is 0.0140. The predicted molar refractivity (Wildman–Crippen MR) is 67.1 cm³/mol. The number of anilines is 1. The van der Waals surface area contributed by atoms with Gasteiger partial charge in [0.25, 0.3) is 0 Å². The van der Waals surface area contributed by atoms with Crippen molar-refractivity contribution in [1.82, 2.24) is 0 Å². The highest BCUT2D eigenvalue weighted by Gasteiger charge is 2.27. The van der Waals surface area contributed by atoms with Crippen LogP contribution in [0.2, 0.25) is 0 Å². The Hall–Kier alpha value is -1.82. The van der Waals surface area contributed by atoms with Gasteiger partial charge in [0.1, 0.15) is 0 Å². The second-order valence-corrected chi connectivity index (χ2v) is 4.30. The zero-order chi connectivity index (χ0) is 13.1. The fourth-order valence-electron chi connectivity index (χ4n) is 2.02. The molecule has 1 saturated heterocycles. The normalized spacial score (nSPS) is 15.3. The van der Waals surface area contributed by atoms with E-state index in [0.717, 1.165) is 18.8 Å². The van der Waals surface area contributed by atoms with Gasteiger partial charge in [-0.25, -0.2) is 0 Å².